The molecule has 4 heterocycles. The second-order valence-corrected chi connectivity index (χ2v) is 8.71. The van der Waals surface area contributed by atoms with Crippen LogP contribution in [0.15, 0.2) is 53.9 Å². The summed E-state index contributed by atoms with van der Waals surface area (Å²) in [5.41, 5.74) is 2.55. The van der Waals surface area contributed by atoms with E-state index in [4.69, 9.17) is 0 Å². The number of rotatable bonds is 4. The monoisotopic (exact) mass is 425 g/mol. The van der Waals surface area contributed by atoms with Gasteiger partial charge < -0.3 is 10.6 Å². The third kappa shape index (κ3) is 5.89. The van der Waals surface area contributed by atoms with Gasteiger partial charge in [-0.2, -0.15) is 24.1 Å². The molecular formula is C22H31N7S+2. The van der Waals surface area contributed by atoms with E-state index < -0.39 is 0 Å². The molecule has 0 atom stereocenters. The lowest BCUT2D eigenvalue weighted by Gasteiger charge is -2.20. The zero-order valence-corrected chi connectivity index (χ0v) is 19.2. The number of aryl methyl sites for hydroxylation is 2. The number of hydrogen-bond donors (Lipinski definition) is 2. The quantitative estimate of drug-likeness (QED) is 0.494. The summed E-state index contributed by atoms with van der Waals surface area (Å²) in [4.78, 5) is 12.9. The molecule has 0 saturated heterocycles. The number of hydrogen-bond acceptors (Lipinski definition) is 6. The van der Waals surface area contributed by atoms with Crippen molar-refractivity contribution in [3.63, 3.8) is 0 Å². The fourth-order valence-corrected chi connectivity index (χ4v) is 3.45. The van der Waals surface area contributed by atoms with Crippen LogP contribution < -0.4 is 19.8 Å². The highest BCUT2D eigenvalue weighted by molar-refractivity contribution is 7.98. The zero-order chi connectivity index (χ0) is 21.6. The van der Waals surface area contributed by atoms with E-state index in [0.717, 1.165) is 24.8 Å². The molecule has 30 heavy (non-hydrogen) atoms. The van der Waals surface area contributed by atoms with Crippen LogP contribution in [0.3, 0.4) is 0 Å². The molecule has 158 valence electrons. The molecule has 4 rings (SSSR count). The molecule has 0 aliphatic carbocycles. The Morgan fingerprint density at radius 3 is 1.97 bits per heavy atom. The summed E-state index contributed by atoms with van der Waals surface area (Å²) in [6.07, 6.45) is 6.24. The minimum absolute atomic E-state index is 0.0550. The number of nitrogens with one attached hydrogen (secondary N) is 2. The Hall–Kier alpha value is -2.74. The molecule has 0 spiro atoms. The van der Waals surface area contributed by atoms with Crippen LogP contribution in [0.1, 0.15) is 27.7 Å². The fourth-order valence-electron chi connectivity index (χ4n) is 3.10. The van der Waals surface area contributed by atoms with Gasteiger partial charge in [-0.15, -0.1) is 0 Å². The molecule has 1 aliphatic heterocycles. The van der Waals surface area contributed by atoms with Crippen LogP contribution in [-0.2, 0) is 13.1 Å². The predicted octanol–water partition coefficient (Wildman–Crippen LogP) is 3.18. The predicted molar refractivity (Wildman–Crippen MR) is 121 cm³/mol. The summed E-state index contributed by atoms with van der Waals surface area (Å²) in [6, 6.07) is 12.7. The number of pyridine rings is 2. The molecule has 2 N–H and O–H groups in total. The molecule has 7 nitrogen and oxygen atoms in total. The SMILES string of the molecule is CCNc1nc(NC(C)(C)C)nc(SC)n1.c1cc[n+]2c(c1)-c1cccc[n+]1CC2. The molecule has 8 heteroatoms. The normalized spacial score (nSPS) is 12.2. The Morgan fingerprint density at radius 2 is 1.47 bits per heavy atom. The standard InChI is InChI=1S/C12H12N2.C10H19N5S/c1-3-7-13-9-10-14-8-4-2-6-12(14)11(13)5-1;1-6-11-7-12-8(15-10(2,3)4)14-9(13-7)16-5/h1-8H,9-10H2;6H2,1-5H3,(H2,11,12,13,14,15)/q+2;. The zero-order valence-electron chi connectivity index (χ0n) is 18.4. The van der Waals surface area contributed by atoms with Crippen LogP contribution in [0.25, 0.3) is 11.4 Å². The van der Waals surface area contributed by atoms with Gasteiger partial charge in [0.2, 0.25) is 25.0 Å². The van der Waals surface area contributed by atoms with E-state index in [1.165, 1.54) is 23.1 Å². The summed E-state index contributed by atoms with van der Waals surface area (Å²) >= 11 is 1.51. The Balaban J connectivity index is 0.000000171. The first kappa shape index (κ1) is 22.0. The molecule has 3 aromatic heterocycles. The topological polar surface area (TPSA) is 70.5 Å². The molecule has 1 aliphatic rings. The highest BCUT2D eigenvalue weighted by atomic mass is 32.2. The maximum absolute atomic E-state index is 4.31. The van der Waals surface area contributed by atoms with Crippen molar-refractivity contribution in [1.82, 2.24) is 15.0 Å². The van der Waals surface area contributed by atoms with E-state index in [1.807, 2.05) is 13.2 Å². The molecule has 0 bridgehead atoms. The van der Waals surface area contributed by atoms with Crippen LogP contribution >= 0.6 is 11.8 Å². The summed E-state index contributed by atoms with van der Waals surface area (Å²) in [6.45, 7) is 11.2. The minimum Gasteiger partial charge on any atom is -0.354 e. The van der Waals surface area contributed by atoms with Crippen molar-refractivity contribution in [2.45, 2.75) is 51.5 Å². The van der Waals surface area contributed by atoms with Crippen molar-refractivity contribution in [2.24, 2.45) is 0 Å². The lowest BCUT2D eigenvalue weighted by atomic mass is 10.1. The molecular weight excluding hydrogens is 394 g/mol. The summed E-state index contributed by atoms with van der Waals surface area (Å²) < 4.78 is 4.60. The first-order valence-corrected chi connectivity index (χ1v) is 11.4. The van der Waals surface area contributed by atoms with Crippen LogP contribution in [0.5, 0.6) is 0 Å². The van der Waals surface area contributed by atoms with Gasteiger partial charge in [0, 0.05) is 36.3 Å². The molecule has 3 aromatic rings. The van der Waals surface area contributed by atoms with Crippen LogP contribution in [-0.4, -0.2) is 33.3 Å². The van der Waals surface area contributed by atoms with E-state index in [0.29, 0.717) is 11.9 Å². The smallest absolute Gasteiger partial charge is 0.277 e. The lowest BCUT2D eigenvalue weighted by Crippen LogP contribution is -2.52. The Kier molecular flexibility index (Phi) is 7.20. The van der Waals surface area contributed by atoms with Crippen molar-refractivity contribution in [1.29, 1.82) is 0 Å². The Bertz CT molecular complexity index is 940. The third-order valence-corrected chi connectivity index (χ3v) is 4.89. The van der Waals surface area contributed by atoms with Gasteiger partial charge in [0.05, 0.1) is 0 Å². The first-order chi connectivity index (χ1) is 14.4. The van der Waals surface area contributed by atoms with Gasteiger partial charge in [-0.1, -0.05) is 11.8 Å². The number of nitrogens with zero attached hydrogens (tertiary/aromatic N) is 5. The van der Waals surface area contributed by atoms with Crippen LogP contribution in [0.2, 0.25) is 0 Å². The van der Waals surface area contributed by atoms with Gasteiger partial charge in [0.1, 0.15) is 0 Å². The molecule has 0 radical (unpaired) electrons. The van der Waals surface area contributed by atoms with Crippen LogP contribution in [0.4, 0.5) is 11.9 Å². The molecule has 0 unspecified atom stereocenters. The van der Waals surface area contributed by atoms with E-state index in [1.54, 1.807) is 0 Å². The summed E-state index contributed by atoms with van der Waals surface area (Å²) in [5, 5.41) is 7.05. The molecule has 0 fully saturated rings. The fraction of sp³-hybridized carbons (Fsp3) is 0.409. The number of aromatic nitrogens is 5. The van der Waals surface area contributed by atoms with Gasteiger partial charge in [0.15, 0.2) is 17.6 Å². The van der Waals surface area contributed by atoms with E-state index in [2.05, 4.69) is 104 Å². The summed E-state index contributed by atoms with van der Waals surface area (Å²) in [7, 11) is 0. The minimum atomic E-state index is -0.0550. The van der Waals surface area contributed by atoms with E-state index >= 15 is 0 Å². The van der Waals surface area contributed by atoms with Gasteiger partial charge in [-0.05, 0) is 46.1 Å². The molecule has 0 amide bonds. The average Bonchev–Trinajstić information content (AvgIpc) is 2.73. The van der Waals surface area contributed by atoms with Crippen LogP contribution in [0, 0.1) is 0 Å². The summed E-state index contributed by atoms with van der Waals surface area (Å²) in [5.74, 6) is 1.23. The lowest BCUT2D eigenvalue weighted by molar-refractivity contribution is -0.794. The van der Waals surface area contributed by atoms with E-state index in [-0.39, 0.29) is 5.54 Å². The third-order valence-electron chi connectivity index (χ3n) is 4.34. The van der Waals surface area contributed by atoms with Crippen molar-refractivity contribution in [2.75, 3.05) is 23.4 Å². The Morgan fingerprint density at radius 1 is 0.900 bits per heavy atom. The average molecular weight is 426 g/mol. The van der Waals surface area contributed by atoms with Gasteiger partial charge in [-0.25, -0.2) is 0 Å². The number of thioether (sulfide) groups is 1. The highest BCUT2D eigenvalue weighted by Gasteiger charge is 2.27. The maximum atomic E-state index is 4.31. The molecule has 0 aromatic carbocycles. The number of fused-ring (bicyclic) bond motifs is 3. The van der Waals surface area contributed by atoms with Gasteiger partial charge in [-0.3, -0.25) is 0 Å². The Labute approximate surface area is 183 Å². The van der Waals surface area contributed by atoms with Gasteiger partial charge in [0.25, 0.3) is 11.4 Å². The van der Waals surface area contributed by atoms with E-state index in [9.17, 15) is 0 Å². The van der Waals surface area contributed by atoms with Gasteiger partial charge >= 0.3 is 0 Å². The largest absolute Gasteiger partial charge is 0.354 e. The van der Waals surface area contributed by atoms with Crippen molar-refractivity contribution < 1.29 is 9.13 Å². The maximum Gasteiger partial charge on any atom is 0.277 e. The highest BCUT2D eigenvalue weighted by Crippen LogP contribution is 2.16. The van der Waals surface area contributed by atoms with Crippen molar-refractivity contribution in [3.8, 4) is 11.4 Å². The number of anilines is 2. The first-order valence-electron chi connectivity index (χ1n) is 10.2. The second kappa shape index (κ2) is 9.84. The van der Waals surface area contributed by atoms with Crippen molar-refractivity contribution >= 4 is 23.7 Å². The van der Waals surface area contributed by atoms with Crippen molar-refractivity contribution in [3.05, 3.63) is 48.8 Å². The second-order valence-electron chi connectivity index (χ2n) is 7.93. The molecule has 0 saturated carbocycles.